The molecular weight excluding hydrogens is 845 g/mol. The Labute approximate surface area is 409 Å². The second-order valence-corrected chi connectivity index (χ2v) is 18.5. The first kappa shape index (κ1) is 41.2. The van der Waals surface area contributed by atoms with Gasteiger partial charge in [0.2, 0.25) is 0 Å². The van der Waals surface area contributed by atoms with E-state index < -0.39 is 0 Å². The number of aromatic nitrogens is 1. The number of hydrogen-bond acceptors (Lipinski definition) is 1. The van der Waals surface area contributed by atoms with Crippen molar-refractivity contribution in [3.05, 3.63) is 290 Å². The van der Waals surface area contributed by atoms with Gasteiger partial charge < -0.3 is 9.47 Å². The summed E-state index contributed by atoms with van der Waals surface area (Å²) in [6.45, 7) is 2.40. The van der Waals surface area contributed by atoms with E-state index in [1.165, 1.54) is 83.0 Å². The van der Waals surface area contributed by atoms with Gasteiger partial charge in [-0.25, -0.2) is 0 Å². The molecule has 1 heterocycles. The van der Waals surface area contributed by atoms with Gasteiger partial charge in [0.1, 0.15) is 0 Å². The molecule has 0 saturated carbocycles. The van der Waals surface area contributed by atoms with Crippen LogP contribution < -0.4 is 4.90 Å². The number of hydrogen-bond donors (Lipinski definition) is 0. The van der Waals surface area contributed by atoms with Gasteiger partial charge in [-0.15, -0.1) is 0 Å². The summed E-state index contributed by atoms with van der Waals surface area (Å²) >= 11 is 0. The number of para-hydroxylation sites is 3. The topological polar surface area (TPSA) is 8.17 Å². The molecule has 0 aliphatic heterocycles. The van der Waals surface area contributed by atoms with Crippen LogP contribution in [0, 0.1) is 0 Å². The second-order valence-electron chi connectivity index (χ2n) is 18.5. The van der Waals surface area contributed by atoms with Crippen molar-refractivity contribution in [1.29, 1.82) is 0 Å². The first-order valence-corrected chi connectivity index (χ1v) is 24.3. The molecule has 1 atom stereocenters. The third kappa shape index (κ3) is 6.71. The SMILES string of the molecule is CC1(c2ccccc2)c2ccccc2-c2ccc(N(c3cccc(-c4ccc5c(c4)c4ccccc4n5-c4ccccc4)c3)c3ccccc3-c3ccccc3-c3ccccc3-c3ccccc3)cc21. The van der Waals surface area contributed by atoms with Gasteiger partial charge in [0, 0.05) is 38.8 Å². The van der Waals surface area contributed by atoms with Crippen LogP contribution in [0.15, 0.2) is 273 Å². The Morgan fingerprint density at radius 2 is 0.843 bits per heavy atom. The van der Waals surface area contributed by atoms with E-state index in [4.69, 9.17) is 0 Å². The van der Waals surface area contributed by atoms with E-state index in [2.05, 4.69) is 289 Å². The van der Waals surface area contributed by atoms with E-state index >= 15 is 0 Å². The quantitative estimate of drug-likeness (QED) is 0.140. The molecule has 11 aromatic carbocycles. The van der Waals surface area contributed by atoms with Crippen molar-refractivity contribution in [2.24, 2.45) is 0 Å². The molecule has 1 unspecified atom stereocenters. The summed E-state index contributed by atoms with van der Waals surface area (Å²) in [6.07, 6.45) is 0. The van der Waals surface area contributed by atoms with Crippen LogP contribution in [0.2, 0.25) is 0 Å². The maximum Gasteiger partial charge on any atom is 0.0541 e. The van der Waals surface area contributed by atoms with E-state index in [0.717, 1.165) is 33.9 Å². The van der Waals surface area contributed by atoms with Crippen LogP contribution in [0.1, 0.15) is 23.6 Å². The first-order chi connectivity index (χ1) is 34.6. The van der Waals surface area contributed by atoms with Gasteiger partial charge >= 0.3 is 0 Å². The Balaban J connectivity index is 1.02. The maximum absolute atomic E-state index is 2.49. The Bertz CT molecular complexity index is 3900. The third-order valence-electron chi connectivity index (χ3n) is 14.7. The van der Waals surface area contributed by atoms with Gasteiger partial charge in [-0.2, -0.15) is 0 Å². The molecule has 0 spiro atoms. The number of nitrogens with zero attached hydrogens (tertiary/aromatic N) is 2. The van der Waals surface area contributed by atoms with Crippen molar-refractivity contribution in [3.8, 4) is 61.3 Å². The van der Waals surface area contributed by atoms with Crippen molar-refractivity contribution in [2.75, 3.05) is 4.90 Å². The lowest BCUT2D eigenvalue weighted by Gasteiger charge is -2.32. The van der Waals surface area contributed by atoms with Crippen molar-refractivity contribution in [3.63, 3.8) is 0 Å². The average molecular weight is 893 g/mol. The number of benzene rings is 11. The molecule has 330 valence electrons. The van der Waals surface area contributed by atoms with Crippen molar-refractivity contribution in [2.45, 2.75) is 12.3 Å². The molecule has 0 amide bonds. The standard InChI is InChI=1S/C68H48N2/c1-68(50-25-7-3-8-26-50)63-37-18-15-34-58(63)59-42-41-53(46-64(59)68)69(65-38-19-16-35-60(65)57-33-14-13-32-56(57)55-31-12-11-30-54(55)47-22-5-2-6-23-47)52-29-21-24-48(44-52)49-40-43-67-62(45-49)61-36-17-20-39-66(61)70(67)51-27-9-4-10-28-51/h2-46H,1H3. The zero-order chi connectivity index (χ0) is 46.6. The lowest BCUT2D eigenvalue weighted by atomic mass is 9.74. The molecule has 1 aliphatic carbocycles. The van der Waals surface area contributed by atoms with E-state index in [-0.39, 0.29) is 5.41 Å². The van der Waals surface area contributed by atoms with E-state index in [9.17, 15) is 0 Å². The second kappa shape index (κ2) is 17.0. The number of anilines is 3. The van der Waals surface area contributed by atoms with Gasteiger partial charge in [0.15, 0.2) is 0 Å². The fraction of sp³-hybridized carbons (Fsp3) is 0.0294. The van der Waals surface area contributed by atoms with Crippen LogP contribution in [0.4, 0.5) is 17.1 Å². The predicted molar refractivity (Wildman–Crippen MR) is 295 cm³/mol. The van der Waals surface area contributed by atoms with Gasteiger partial charge in [0.25, 0.3) is 0 Å². The molecule has 12 aromatic rings. The summed E-state index contributed by atoms with van der Waals surface area (Å²) in [5.41, 5.74) is 22.4. The Kier molecular flexibility index (Phi) is 9.99. The van der Waals surface area contributed by atoms with Crippen LogP contribution in [-0.4, -0.2) is 4.57 Å². The van der Waals surface area contributed by atoms with Gasteiger partial charge in [-0.3, -0.25) is 0 Å². The molecule has 0 fully saturated rings. The highest BCUT2D eigenvalue weighted by atomic mass is 15.1. The Hall–Kier alpha value is -8.98. The monoisotopic (exact) mass is 892 g/mol. The van der Waals surface area contributed by atoms with Gasteiger partial charge in [0.05, 0.1) is 16.7 Å². The molecule has 2 heteroatoms. The summed E-state index contributed by atoms with van der Waals surface area (Å²) in [5, 5.41) is 2.47. The Morgan fingerprint density at radius 3 is 1.61 bits per heavy atom. The normalized spacial score (nSPS) is 13.8. The molecule has 0 saturated heterocycles. The molecule has 1 aliphatic rings. The van der Waals surface area contributed by atoms with Crippen LogP contribution in [0.3, 0.4) is 0 Å². The summed E-state index contributed by atoms with van der Waals surface area (Å²) in [4.78, 5) is 2.49. The minimum Gasteiger partial charge on any atom is -0.310 e. The molecule has 70 heavy (non-hydrogen) atoms. The maximum atomic E-state index is 2.49. The molecule has 1 aromatic heterocycles. The molecule has 0 radical (unpaired) electrons. The highest BCUT2D eigenvalue weighted by molar-refractivity contribution is 6.10. The van der Waals surface area contributed by atoms with Gasteiger partial charge in [-0.05, 0) is 134 Å². The molecule has 0 bridgehead atoms. The predicted octanol–water partition coefficient (Wildman–Crippen LogP) is 18.3. The zero-order valence-electron chi connectivity index (χ0n) is 38.9. The number of rotatable bonds is 9. The summed E-state index contributed by atoms with van der Waals surface area (Å²) < 4.78 is 2.38. The van der Waals surface area contributed by atoms with E-state index in [1.54, 1.807) is 0 Å². The smallest absolute Gasteiger partial charge is 0.0541 e. The van der Waals surface area contributed by atoms with Crippen molar-refractivity contribution in [1.82, 2.24) is 4.57 Å². The van der Waals surface area contributed by atoms with Crippen LogP contribution in [0.5, 0.6) is 0 Å². The average Bonchev–Trinajstić information content (AvgIpc) is 3.91. The van der Waals surface area contributed by atoms with Crippen LogP contribution in [-0.2, 0) is 5.41 Å². The van der Waals surface area contributed by atoms with E-state index in [0.29, 0.717) is 0 Å². The van der Waals surface area contributed by atoms with Crippen molar-refractivity contribution < 1.29 is 0 Å². The van der Waals surface area contributed by atoms with Gasteiger partial charge in [-0.1, -0.05) is 212 Å². The van der Waals surface area contributed by atoms with Crippen LogP contribution in [0.25, 0.3) is 83.1 Å². The fourth-order valence-corrected chi connectivity index (χ4v) is 11.4. The number of fused-ring (bicyclic) bond motifs is 6. The molecule has 13 rings (SSSR count). The summed E-state index contributed by atoms with van der Waals surface area (Å²) in [6, 6.07) is 100. The largest absolute Gasteiger partial charge is 0.310 e. The fourth-order valence-electron chi connectivity index (χ4n) is 11.4. The highest BCUT2D eigenvalue weighted by Crippen LogP contribution is 2.55. The first-order valence-electron chi connectivity index (χ1n) is 24.3. The minimum absolute atomic E-state index is 0.363. The van der Waals surface area contributed by atoms with E-state index in [1.807, 2.05) is 0 Å². The molecular formula is C68H48N2. The molecule has 0 N–H and O–H groups in total. The summed E-state index contributed by atoms with van der Waals surface area (Å²) in [7, 11) is 0. The van der Waals surface area contributed by atoms with Crippen molar-refractivity contribution >= 4 is 38.9 Å². The minimum atomic E-state index is -0.363. The lowest BCUT2D eigenvalue weighted by Crippen LogP contribution is -2.23. The Morgan fingerprint density at radius 1 is 0.314 bits per heavy atom. The zero-order valence-corrected chi connectivity index (χ0v) is 38.9. The molecule has 2 nitrogen and oxygen atoms in total. The third-order valence-corrected chi connectivity index (χ3v) is 14.7. The summed E-state index contributed by atoms with van der Waals surface area (Å²) in [5.74, 6) is 0. The lowest BCUT2D eigenvalue weighted by molar-refractivity contribution is 0.714. The van der Waals surface area contributed by atoms with Crippen LogP contribution >= 0.6 is 0 Å². The highest BCUT2D eigenvalue weighted by Gasteiger charge is 2.41.